The number of nitrogens with zero attached hydrogens (tertiary/aromatic N) is 5. The third-order valence-corrected chi connectivity index (χ3v) is 6.57. The number of aromatic amines is 1. The lowest BCUT2D eigenvalue weighted by Gasteiger charge is -2.30. The van der Waals surface area contributed by atoms with E-state index >= 15 is 0 Å². The van der Waals surface area contributed by atoms with Gasteiger partial charge in [0.05, 0.1) is 11.3 Å². The van der Waals surface area contributed by atoms with E-state index in [9.17, 15) is 4.79 Å². The summed E-state index contributed by atoms with van der Waals surface area (Å²) >= 11 is 0. The molecule has 8 heteroatoms. The van der Waals surface area contributed by atoms with Gasteiger partial charge in [0, 0.05) is 31.1 Å². The zero-order valence-corrected chi connectivity index (χ0v) is 18.6. The molecule has 4 heterocycles. The minimum Gasteiger partial charge on any atom is -0.460 e. The highest BCUT2D eigenvalue weighted by Crippen LogP contribution is 2.38. The van der Waals surface area contributed by atoms with Crippen LogP contribution in [0.25, 0.3) is 17.1 Å². The highest BCUT2D eigenvalue weighted by molar-refractivity contribution is 5.99. The molecule has 1 N–H and O–H groups in total. The molecule has 33 heavy (non-hydrogen) atoms. The summed E-state index contributed by atoms with van der Waals surface area (Å²) in [5.74, 6) is 4.15. The molecule has 1 aliphatic heterocycles. The number of aromatic nitrogens is 5. The summed E-state index contributed by atoms with van der Waals surface area (Å²) in [6, 6.07) is 13.6. The van der Waals surface area contributed by atoms with Crippen LogP contribution in [0.2, 0.25) is 0 Å². The SMILES string of the molecule is Cc1ccc(-c2nn(-c3ccccc3)cc2C(=O)N2CCC(c3nc(C4CC4)n[nH]3)CC2)o1. The van der Waals surface area contributed by atoms with Crippen molar-refractivity contribution in [1.82, 2.24) is 29.9 Å². The lowest BCUT2D eigenvalue weighted by Crippen LogP contribution is -2.38. The van der Waals surface area contributed by atoms with E-state index in [0.29, 0.717) is 41.9 Å². The fourth-order valence-corrected chi connectivity index (χ4v) is 4.51. The smallest absolute Gasteiger partial charge is 0.257 e. The highest BCUT2D eigenvalue weighted by Gasteiger charge is 2.32. The summed E-state index contributed by atoms with van der Waals surface area (Å²) in [7, 11) is 0. The lowest BCUT2D eigenvalue weighted by molar-refractivity contribution is 0.0711. The van der Waals surface area contributed by atoms with Crippen LogP contribution in [0.3, 0.4) is 0 Å². The Morgan fingerprint density at radius 3 is 2.52 bits per heavy atom. The first kappa shape index (κ1) is 20.0. The molecule has 1 saturated carbocycles. The fourth-order valence-electron chi connectivity index (χ4n) is 4.51. The maximum Gasteiger partial charge on any atom is 0.257 e. The number of hydrogen-bond donors (Lipinski definition) is 1. The molecule has 1 amide bonds. The quantitative estimate of drug-likeness (QED) is 0.493. The van der Waals surface area contributed by atoms with Gasteiger partial charge in [-0.25, -0.2) is 9.67 Å². The molecule has 3 aromatic heterocycles. The number of carbonyl (C=O) groups excluding carboxylic acids is 1. The van der Waals surface area contributed by atoms with Crippen LogP contribution in [0.4, 0.5) is 0 Å². The molecule has 1 saturated heterocycles. The Morgan fingerprint density at radius 1 is 1.03 bits per heavy atom. The number of nitrogens with one attached hydrogen (secondary N) is 1. The minimum atomic E-state index is -0.0177. The first-order chi connectivity index (χ1) is 16.2. The normalized spacial score (nSPS) is 16.9. The average Bonchev–Trinajstić information content (AvgIpc) is 3.24. The van der Waals surface area contributed by atoms with Crippen LogP contribution in [0.5, 0.6) is 0 Å². The Kier molecular flexibility index (Phi) is 4.86. The molecular weight excluding hydrogens is 416 g/mol. The second-order valence-electron chi connectivity index (χ2n) is 9.00. The molecule has 0 spiro atoms. The average molecular weight is 443 g/mol. The molecule has 6 rings (SSSR count). The maximum absolute atomic E-state index is 13.6. The van der Waals surface area contributed by atoms with E-state index in [0.717, 1.165) is 35.9 Å². The lowest BCUT2D eigenvalue weighted by atomic mass is 9.95. The van der Waals surface area contributed by atoms with Crippen molar-refractivity contribution < 1.29 is 9.21 Å². The molecule has 0 radical (unpaired) electrons. The van der Waals surface area contributed by atoms with E-state index in [2.05, 4.69) is 10.2 Å². The summed E-state index contributed by atoms with van der Waals surface area (Å²) < 4.78 is 7.58. The van der Waals surface area contributed by atoms with Crippen LogP contribution in [0.15, 0.2) is 53.1 Å². The maximum atomic E-state index is 13.6. The van der Waals surface area contributed by atoms with Crippen molar-refractivity contribution in [2.24, 2.45) is 0 Å². The van der Waals surface area contributed by atoms with Gasteiger partial charge in [0.2, 0.25) is 0 Å². The Bertz CT molecular complexity index is 1280. The molecule has 4 aromatic rings. The van der Waals surface area contributed by atoms with Crippen molar-refractivity contribution >= 4 is 5.91 Å². The van der Waals surface area contributed by atoms with E-state index in [1.165, 1.54) is 12.8 Å². The summed E-state index contributed by atoms with van der Waals surface area (Å²) in [4.78, 5) is 20.2. The number of aryl methyl sites for hydroxylation is 1. The van der Waals surface area contributed by atoms with Gasteiger partial charge in [-0.05, 0) is 56.9 Å². The van der Waals surface area contributed by atoms with E-state index < -0.39 is 0 Å². The van der Waals surface area contributed by atoms with Crippen LogP contribution < -0.4 is 0 Å². The fraction of sp³-hybridized carbons (Fsp3) is 0.360. The van der Waals surface area contributed by atoms with Crippen molar-refractivity contribution in [3.63, 3.8) is 0 Å². The van der Waals surface area contributed by atoms with Crippen molar-refractivity contribution in [3.8, 4) is 17.1 Å². The van der Waals surface area contributed by atoms with E-state index in [4.69, 9.17) is 14.5 Å². The molecule has 8 nitrogen and oxygen atoms in total. The number of rotatable bonds is 5. The monoisotopic (exact) mass is 442 g/mol. The molecule has 2 aliphatic rings. The largest absolute Gasteiger partial charge is 0.460 e. The van der Waals surface area contributed by atoms with Crippen LogP contribution in [0.1, 0.15) is 65.3 Å². The number of para-hydroxylation sites is 1. The zero-order chi connectivity index (χ0) is 22.4. The van der Waals surface area contributed by atoms with Gasteiger partial charge in [-0.2, -0.15) is 10.2 Å². The van der Waals surface area contributed by atoms with Gasteiger partial charge in [0.1, 0.15) is 17.3 Å². The summed E-state index contributed by atoms with van der Waals surface area (Å²) in [6.45, 7) is 3.24. The van der Waals surface area contributed by atoms with Gasteiger partial charge in [0.15, 0.2) is 11.6 Å². The minimum absolute atomic E-state index is 0.0177. The summed E-state index contributed by atoms with van der Waals surface area (Å²) in [6.07, 6.45) is 5.94. The van der Waals surface area contributed by atoms with Gasteiger partial charge >= 0.3 is 0 Å². The van der Waals surface area contributed by atoms with E-state index in [-0.39, 0.29) is 5.91 Å². The van der Waals surface area contributed by atoms with Crippen LogP contribution in [-0.2, 0) is 0 Å². The van der Waals surface area contributed by atoms with Crippen molar-refractivity contribution in [2.75, 3.05) is 13.1 Å². The first-order valence-corrected chi connectivity index (χ1v) is 11.6. The Morgan fingerprint density at radius 2 is 1.82 bits per heavy atom. The number of H-pyrrole nitrogens is 1. The Balaban J connectivity index is 1.24. The molecular formula is C25H26N6O2. The standard InChI is InChI=1S/C25H26N6O2/c1-16-7-10-21(33-16)22-20(15-31(29-22)19-5-3-2-4-6-19)25(32)30-13-11-18(12-14-30)24-26-23(27-28-24)17-8-9-17/h2-7,10,15,17-18H,8-9,11-14H2,1H3,(H,26,27,28). The number of amides is 1. The molecule has 0 bridgehead atoms. The molecule has 1 aromatic carbocycles. The number of carbonyl (C=O) groups is 1. The van der Waals surface area contributed by atoms with E-state index in [1.807, 2.05) is 60.5 Å². The van der Waals surface area contributed by atoms with Crippen molar-refractivity contribution in [1.29, 1.82) is 0 Å². The summed E-state index contributed by atoms with van der Waals surface area (Å²) in [5.41, 5.74) is 2.03. The number of furan rings is 1. The molecule has 0 atom stereocenters. The third kappa shape index (κ3) is 3.86. The number of piperidine rings is 1. The van der Waals surface area contributed by atoms with Crippen LogP contribution in [-0.4, -0.2) is 48.9 Å². The topological polar surface area (TPSA) is 92.8 Å². The molecule has 2 fully saturated rings. The van der Waals surface area contributed by atoms with Crippen molar-refractivity contribution in [2.45, 2.75) is 44.4 Å². The zero-order valence-electron chi connectivity index (χ0n) is 18.6. The van der Waals surface area contributed by atoms with Gasteiger partial charge in [-0.1, -0.05) is 18.2 Å². The number of benzene rings is 1. The third-order valence-electron chi connectivity index (χ3n) is 6.57. The molecule has 0 unspecified atom stereocenters. The second-order valence-corrected chi connectivity index (χ2v) is 9.00. The van der Waals surface area contributed by atoms with Gasteiger partial charge < -0.3 is 9.32 Å². The van der Waals surface area contributed by atoms with Gasteiger partial charge in [0.25, 0.3) is 5.91 Å². The second kappa shape index (κ2) is 8.03. The van der Waals surface area contributed by atoms with Crippen LogP contribution >= 0.6 is 0 Å². The predicted octanol–water partition coefficient (Wildman–Crippen LogP) is 4.46. The van der Waals surface area contributed by atoms with Gasteiger partial charge in [-0.15, -0.1) is 0 Å². The number of hydrogen-bond acceptors (Lipinski definition) is 5. The first-order valence-electron chi connectivity index (χ1n) is 11.6. The van der Waals surface area contributed by atoms with E-state index in [1.54, 1.807) is 4.68 Å². The Hall–Kier alpha value is -3.68. The molecule has 168 valence electrons. The van der Waals surface area contributed by atoms with Gasteiger partial charge in [-0.3, -0.25) is 9.89 Å². The number of likely N-dealkylation sites (tertiary alicyclic amines) is 1. The van der Waals surface area contributed by atoms with Crippen molar-refractivity contribution in [3.05, 3.63) is 71.6 Å². The molecule has 1 aliphatic carbocycles. The highest BCUT2D eigenvalue weighted by atomic mass is 16.3. The predicted molar refractivity (Wildman–Crippen MR) is 122 cm³/mol. The summed E-state index contributed by atoms with van der Waals surface area (Å²) in [5, 5.41) is 12.3. The van der Waals surface area contributed by atoms with Crippen LogP contribution in [0, 0.1) is 6.92 Å². The Labute approximate surface area is 191 Å².